The summed E-state index contributed by atoms with van der Waals surface area (Å²) < 4.78 is 7.36. The van der Waals surface area contributed by atoms with Crippen LogP contribution in [-0.2, 0) is 0 Å². The molecule has 40 heavy (non-hydrogen) atoms. The number of hydrogen-bond donors (Lipinski definition) is 0. The number of pyridine rings is 1. The van der Waals surface area contributed by atoms with Gasteiger partial charge in [-0.25, -0.2) is 4.57 Å². The maximum atomic E-state index is 14.3. The van der Waals surface area contributed by atoms with E-state index in [9.17, 15) is 25.4 Å². The third kappa shape index (κ3) is 3.27. The highest BCUT2D eigenvalue weighted by molar-refractivity contribution is 6.28. The summed E-state index contributed by atoms with van der Waals surface area (Å²) in [6, 6.07) is 20.0. The van der Waals surface area contributed by atoms with E-state index in [4.69, 9.17) is 4.42 Å². The molecule has 0 spiro atoms. The van der Waals surface area contributed by atoms with Crippen molar-refractivity contribution in [1.82, 2.24) is 4.57 Å². The van der Waals surface area contributed by atoms with E-state index >= 15 is 0 Å². The average Bonchev–Trinajstić information content (AvgIpc) is 2.96. The fraction of sp³-hybridized carbons (Fsp3) is 0.182. The molecule has 0 bridgehead atoms. The van der Waals surface area contributed by atoms with Crippen LogP contribution in [-0.4, -0.2) is 4.57 Å². The Balaban J connectivity index is 1.94. The lowest BCUT2D eigenvalue weighted by Crippen LogP contribution is -2.34. The zero-order valence-corrected chi connectivity index (χ0v) is 22.3. The van der Waals surface area contributed by atoms with Crippen molar-refractivity contribution in [2.45, 2.75) is 39.5 Å². The highest BCUT2D eigenvalue weighted by Gasteiger charge is 2.26. The number of nitriles is 3. The molecule has 4 aromatic carbocycles. The first-order chi connectivity index (χ1) is 19.2. The first-order valence-corrected chi connectivity index (χ1v) is 12.9. The van der Waals surface area contributed by atoms with Crippen molar-refractivity contribution in [3.63, 3.8) is 0 Å². The van der Waals surface area contributed by atoms with Crippen LogP contribution in [0.2, 0.25) is 0 Å². The van der Waals surface area contributed by atoms with Crippen molar-refractivity contribution in [2.75, 3.05) is 0 Å². The smallest absolute Gasteiger partial charge is 0.266 e. The van der Waals surface area contributed by atoms with E-state index in [-0.39, 0.29) is 39.3 Å². The van der Waals surface area contributed by atoms with Crippen molar-refractivity contribution in [3.05, 3.63) is 97.1 Å². The Morgan fingerprint density at radius 3 is 1.85 bits per heavy atom. The molecule has 0 radical (unpaired) electrons. The monoisotopic (exact) mass is 522 g/mol. The molecular formula is C33H22N4O3. The fourth-order valence-corrected chi connectivity index (χ4v) is 5.80. The molecule has 2 aromatic heterocycles. The van der Waals surface area contributed by atoms with Gasteiger partial charge in [0, 0.05) is 21.5 Å². The van der Waals surface area contributed by atoms with E-state index in [1.807, 2.05) is 45.9 Å². The fourth-order valence-electron chi connectivity index (χ4n) is 5.80. The van der Waals surface area contributed by atoms with Gasteiger partial charge in [0.15, 0.2) is 5.58 Å². The summed E-state index contributed by atoms with van der Waals surface area (Å²) in [5.41, 5.74) is 2.40. The molecular weight excluding hydrogens is 500 g/mol. The minimum atomic E-state index is -0.539. The second kappa shape index (κ2) is 8.80. The molecule has 0 atom stereocenters. The molecule has 192 valence electrons. The van der Waals surface area contributed by atoms with Crippen molar-refractivity contribution in [2.24, 2.45) is 0 Å². The van der Waals surface area contributed by atoms with Crippen LogP contribution in [0.3, 0.4) is 0 Å². The van der Waals surface area contributed by atoms with Crippen molar-refractivity contribution in [3.8, 4) is 23.9 Å². The Morgan fingerprint density at radius 2 is 1.30 bits per heavy atom. The Labute approximate surface area is 228 Å². The van der Waals surface area contributed by atoms with Gasteiger partial charge >= 0.3 is 0 Å². The van der Waals surface area contributed by atoms with Gasteiger partial charge in [0.25, 0.3) is 11.1 Å². The molecule has 0 saturated heterocycles. The van der Waals surface area contributed by atoms with Crippen LogP contribution in [0.5, 0.6) is 0 Å². The molecule has 6 rings (SSSR count). The molecule has 7 heteroatoms. The second-order valence-electron chi connectivity index (χ2n) is 10.6. The zero-order valence-electron chi connectivity index (χ0n) is 22.3. The summed E-state index contributed by atoms with van der Waals surface area (Å²) in [5, 5.41) is 31.9. The lowest BCUT2D eigenvalue weighted by Gasteiger charge is -2.22. The van der Waals surface area contributed by atoms with Crippen LogP contribution < -0.4 is 11.1 Å². The number of fused-ring (bicyclic) bond motifs is 2. The zero-order chi connectivity index (χ0) is 28.5. The number of rotatable bonds is 3. The van der Waals surface area contributed by atoms with E-state index in [2.05, 4.69) is 18.2 Å². The summed E-state index contributed by atoms with van der Waals surface area (Å²) in [4.78, 5) is 28.6. The molecule has 0 aliphatic carbocycles. The van der Waals surface area contributed by atoms with Crippen LogP contribution in [0.15, 0.2) is 62.5 Å². The quantitative estimate of drug-likeness (QED) is 0.188. The van der Waals surface area contributed by atoms with Crippen LogP contribution in [0.25, 0.3) is 49.2 Å². The first-order valence-electron chi connectivity index (χ1n) is 12.9. The molecule has 0 amide bonds. The molecule has 0 saturated carbocycles. The van der Waals surface area contributed by atoms with Gasteiger partial charge in [-0.3, -0.25) is 9.59 Å². The highest BCUT2D eigenvalue weighted by atomic mass is 16.3. The molecule has 0 aliphatic rings. The van der Waals surface area contributed by atoms with Gasteiger partial charge in [0.2, 0.25) is 0 Å². The third-order valence-electron chi connectivity index (χ3n) is 7.62. The molecule has 0 aliphatic heterocycles. The third-order valence-corrected chi connectivity index (χ3v) is 7.62. The summed E-state index contributed by atoms with van der Waals surface area (Å²) >= 11 is 0. The van der Waals surface area contributed by atoms with Crippen molar-refractivity contribution < 1.29 is 4.42 Å². The van der Waals surface area contributed by atoms with Gasteiger partial charge in [0.1, 0.15) is 11.7 Å². The lowest BCUT2D eigenvalue weighted by atomic mass is 9.90. The largest absolute Gasteiger partial charge is 0.455 e. The predicted octanol–water partition coefficient (Wildman–Crippen LogP) is 6.70. The van der Waals surface area contributed by atoms with Gasteiger partial charge in [-0.05, 0) is 53.3 Å². The van der Waals surface area contributed by atoms with Crippen LogP contribution in [0.4, 0.5) is 0 Å². The summed E-state index contributed by atoms with van der Waals surface area (Å²) in [5.74, 6) is 0.0456. The van der Waals surface area contributed by atoms with Gasteiger partial charge in [-0.15, -0.1) is 0 Å². The van der Waals surface area contributed by atoms with E-state index in [1.54, 1.807) is 18.2 Å². The lowest BCUT2D eigenvalue weighted by molar-refractivity contribution is 0.661. The number of para-hydroxylation sites is 1. The van der Waals surface area contributed by atoms with Crippen LogP contribution >= 0.6 is 0 Å². The first kappa shape index (κ1) is 24.9. The Hall–Kier alpha value is -5.45. The molecule has 6 aromatic rings. The van der Waals surface area contributed by atoms with E-state index in [0.717, 1.165) is 11.1 Å². The summed E-state index contributed by atoms with van der Waals surface area (Å²) in [6.07, 6.45) is 0. The second-order valence-corrected chi connectivity index (χ2v) is 10.6. The normalized spacial score (nSPS) is 11.6. The van der Waals surface area contributed by atoms with Gasteiger partial charge in [-0.1, -0.05) is 45.9 Å². The maximum absolute atomic E-state index is 14.3. The number of aromatic nitrogens is 1. The van der Waals surface area contributed by atoms with E-state index in [0.29, 0.717) is 38.4 Å². The standard InChI is InChI=1S/C33H22N4O3/c1-16(2)21-6-5-7-22(17(3)4)30(21)37-32(38)24-11-19(14-35)27-23-10-18(13-34)8-9-26(23)40-31-20(15-36)12-25(33(37)39)28(24)29(27)31/h5-12,16-17H,1-4H3. The van der Waals surface area contributed by atoms with Gasteiger partial charge < -0.3 is 4.42 Å². The van der Waals surface area contributed by atoms with E-state index < -0.39 is 11.1 Å². The maximum Gasteiger partial charge on any atom is 0.266 e. The summed E-state index contributed by atoms with van der Waals surface area (Å²) in [7, 11) is 0. The van der Waals surface area contributed by atoms with Crippen LogP contribution in [0.1, 0.15) is 67.3 Å². The van der Waals surface area contributed by atoms with Gasteiger partial charge in [0.05, 0.1) is 45.3 Å². The highest BCUT2D eigenvalue weighted by Crippen LogP contribution is 2.41. The molecule has 0 fully saturated rings. The van der Waals surface area contributed by atoms with Gasteiger partial charge in [-0.2, -0.15) is 15.8 Å². The predicted molar refractivity (Wildman–Crippen MR) is 154 cm³/mol. The van der Waals surface area contributed by atoms with Crippen LogP contribution in [0, 0.1) is 34.0 Å². The number of nitrogens with zero attached hydrogens (tertiary/aromatic N) is 4. The minimum Gasteiger partial charge on any atom is -0.455 e. The molecule has 0 N–H and O–H groups in total. The number of hydrogen-bond acceptors (Lipinski definition) is 6. The van der Waals surface area contributed by atoms with Crippen molar-refractivity contribution >= 4 is 43.5 Å². The van der Waals surface area contributed by atoms with Crippen molar-refractivity contribution in [1.29, 1.82) is 15.8 Å². The Bertz CT molecular complexity index is 2240. The average molecular weight is 523 g/mol. The number of benzene rings is 4. The van der Waals surface area contributed by atoms with E-state index in [1.165, 1.54) is 16.7 Å². The molecule has 7 nitrogen and oxygen atoms in total. The molecule has 0 unspecified atom stereocenters. The topological polar surface area (TPSA) is 124 Å². The minimum absolute atomic E-state index is 0.0228. The Kier molecular flexibility index (Phi) is 5.47. The summed E-state index contributed by atoms with van der Waals surface area (Å²) in [6.45, 7) is 8.03. The molecule has 2 heterocycles. The SMILES string of the molecule is CC(C)c1cccc(C(C)C)c1-n1c(=O)c2cc(C#N)c3oc4ccc(C#N)cc4c4c(C#N)cc(c1=O)c2c34. The Morgan fingerprint density at radius 1 is 0.700 bits per heavy atom.